The molecule has 1 saturated carbocycles. The van der Waals surface area contributed by atoms with Crippen LogP contribution >= 0.6 is 11.6 Å². The minimum absolute atomic E-state index is 0.0914. The lowest BCUT2D eigenvalue weighted by Gasteiger charge is -2.39. The minimum Gasteiger partial charge on any atom is -0.489 e. The lowest BCUT2D eigenvalue weighted by molar-refractivity contribution is 0.106. The molecule has 1 saturated heterocycles. The molecule has 2 fully saturated rings. The molecule has 5 nitrogen and oxygen atoms in total. The zero-order valence-electron chi connectivity index (χ0n) is 18.6. The lowest BCUT2D eigenvalue weighted by atomic mass is 9.89. The normalized spacial score (nSPS) is 22.7. The van der Waals surface area contributed by atoms with E-state index in [-0.39, 0.29) is 42.3 Å². The molecule has 0 radical (unpaired) electrons. The number of halogens is 2. The number of likely N-dealkylation sites (tertiary alicyclic amines) is 1. The fraction of sp³-hybridized carbons (Fsp3) is 0.520. The van der Waals surface area contributed by atoms with Gasteiger partial charge in [-0.25, -0.2) is 17.5 Å². The van der Waals surface area contributed by atoms with E-state index in [1.54, 1.807) is 6.07 Å². The molecule has 5 rings (SSSR count). The summed E-state index contributed by atoms with van der Waals surface area (Å²) in [6.07, 6.45) is 4.83. The van der Waals surface area contributed by atoms with E-state index in [0.717, 1.165) is 54.9 Å². The second kappa shape index (κ2) is 9.53. The Labute approximate surface area is 200 Å². The molecule has 178 valence electrons. The second-order valence-corrected chi connectivity index (χ2v) is 11.8. The lowest BCUT2D eigenvalue weighted by Crippen LogP contribution is -2.47. The fourth-order valence-corrected chi connectivity index (χ4v) is 6.73. The Kier molecular flexibility index (Phi) is 6.67. The molecule has 0 spiro atoms. The van der Waals surface area contributed by atoms with Gasteiger partial charge in [0.05, 0.1) is 5.75 Å². The summed E-state index contributed by atoms with van der Waals surface area (Å²) in [5.41, 5.74) is 3.33. The van der Waals surface area contributed by atoms with Gasteiger partial charge in [-0.1, -0.05) is 23.7 Å². The zero-order chi connectivity index (χ0) is 23.0. The fourth-order valence-electron chi connectivity index (χ4n) is 5.05. The van der Waals surface area contributed by atoms with Crippen LogP contribution in [0.4, 0.5) is 4.39 Å². The molecule has 2 aromatic carbocycles. The molecule has 1 N–H and O–H groups in total. The largest absolute Gasteiger partial charge is 0.489 e. The van der Waals surface area contributed by atoms with Crippen LogP contribution < -0.4 is 9.46 Å². The highest BCUT2D eigenvalue weighted by atomic mass is 35.5. The maximum Gasteiger partial charge on any atom is 0.211 e. The summed E-state index contributed by atoms with van der Waals surface area (Å²) in [5, 5.41) is 0.721. The molecule has 3 aliphatic rings. The summed E-state index contributed by atoms with van der Waals surface area (Å²) in [4.78, 5) is 2.49. The average Bonchev–Trinajstić information content (AvgIpc) is 3.46. The van der Waals surface area contributed by atoms with E-state index in [1.165, 1.54) is 12.0 Å². The van der Waals surface area contributed by atoms with Gasteiger partial charge in [0.1, 0.15) is 6.61 Å². The first-order valence-corrected chi connectivity index (χ1v) is 13.8. The van der Waals surface area contributed by atoms with Crippen molar-refractivity contribution in [3.05, 3.63) is 63.9 Å². The van der Waals surface area contributed by atoms with Gasteiger partial charge in [-0.15, -0.1) is 0 Å². The van der Waals surface area contributed by atoms with Crippen molar-refractivity contribution in [2.75, 3.05) is 32.0 Å². The first kappa shape index (κ1) is 23.1. The molecule has 0 amide bonds. The van der Waals surface area contributed by atoms with Crippen LogP contribution in [-0.4, -0.2) is 51.4 Å². The van der Waals surface area contributed by atoms with Crippen molar-refractivity contribution in [1.29, 1.82) is 0 Å². The Bertz CT molecular complexity index is 1120. The molecule has 2 aliphatic carbocycles. The highest BCUT2D eigenvalue weighted by Crippen LogP contribution is 2.42. The number of hydrogen-bond donors (Lipinski definition) is 1. The van der Waals surface area contributed by atoms with Crippen LogP contribution in [0, 0.1) is 11.7 Å². The predicted octanol–water partition coefficient (Wildman–Crippen LogP) is 4.14. The molecular weight excluding hydrogens is 463 g/mol. The maximum atomic E-state index is 14.8. The molecule has 1 heterocycles. The average molecular weight is 493 g/mol. The highest BCUT2D eigenvalue weighted by molar-refractivity contribution is 7.89. The molecule has 2 aromatic rings. The monoisotopic (exact) mass is 492 g/mol. The van der Waals surface area contributed by atoms with Gasteiger partial charge in [-0.05, 0) is 92.1 Å². The van der Waals surface area contributed by atoms with Gasteiger partial charge in [-0.2, -0.15) is 0 Å². The van der Waals surface area contributed by atoms with Crippen LogP contribution in [0.5, 0.6) is 5.75 Å². The number of sulfonamides is 1. The third-order valence-electron chi connectivity index (χ3n) is 7.02. The van der Waals surface area contributed by atoms with E-state index in [0.29, 0.717) is 6.04 Å². The first-order valence-electron chi connectivity index (χ1n) is 11.8. The van der Waals surface area contributed by atoms with Crippen molar-refractivity contribution < 1.29 is 17.5 Å². The molecular formula is C25H30ClFN2O3S. The van der Waals surface area contributed by atoms with Gasteiger partial charge in [0.15, 0.2) is 11.6 Å². The van der Waals surface area contributed by atoms with Gasteiger partial charge in [0, 0.05) is 23.5 Å². The van der Waals surface area contributed by atoms with Gasteiger partial charge in [0.2, 0.25) is 10.0 Å². The molecule has 0 aromatic heterocycles. The van der Waals surface area contributed by atoms with Crippen LogP contribution in [-0.2, 0) is 22.9 Å². The molecule has 0 bridgehead atoms. The Morgan fingerprint density at radius 1 is 1.18 bits per heavy atom. The Morgan fingerprint density at radius 2 is 2.00 bits per heavy atom. The molecule has 2 unspecified atom stereocenters. The minimum atomic E-state index is -3.29. The number of fused-ring (bicyclic) bond motifs is 1. The van der Waals surface area contributed by atoms with Crippen LogP contribution in [0.25, 0.3) is 0 Å². The van der Waals surface area contributed by atoms with E-state index in [9.17, 15) is 12.8 Å². The molecule has 33 heavy (non-hydrogen) atoms. The summed E-state index contributed by atoms with van der Waals surface area (Å²) in [7, 11) is -3.29. The number of hydrogen-bond acceptors (Lipinski definition) is 4. The Morgan fingerprint density at radius 3 is 2.70 bits per heavy atom. The van der Waals surface area contributed by atoms with Crippen LogP contribution in [0.2, 0.25) is 5.02 Å². The Hall–Kier alpha value is -1.67. The van der Waals surface area contributed by atoms with Crippen LogP contribution in [0.1, 0.15) is 41.9 Å². The van der Waals surface area contributed by atoms with Crippen LogP contribution in [0.3, 0.4) is 0 Å². The number of rotatable bonds is 10. The first-order chi connectivity index (χ1) is 15.9. The number of nitrogens with zero attached hydrogens (tertiary/aromatic N) is 1. The summed E-state index contributed by atoms with van der Waals surface area (Å²) in [5.74, 6) is 0.492. The smallest absolute Gasteiger partial charge is 0.211 e. The van der Waals surface area contributed by atoms with Gasteiger partial charge < -0.3 is 4.74 Å². The predicted molar refractivity (Wildman–Crippen MR) is 128 cm³/mol. The number of benzene rings is 2. The van der Waals surface area contributed by atoms with Crippen molar-refractivity contribution >= 4 is 21.6 Å². The zero-order valence-corrected chi connectivity index (χ0v) is 20.2. The van der Waals surface area contributed by atoms with Gasteiger partial charge in [0.25, 0.3) is 0 Å². The highest BCUT2D eigenvalue weighted by Gasteiger charge is 2.39. The van der Waals surface area contributed by atoms with E-state index in [2.05, 4.69) is 15.7 Å². The van der Waals surface area contributed by atoms with E-state index in [4.69, 9.17) is 16.3 Å². The molecule has 1 aliphatic heterocycles. The quantitative estimate of drug-likeness (QED) is 0.506. The maximum absolute atomic E-state index is 14.8. The van der Waals surface area contributed by atoms with E-state index >= 15 is 0 Å². The summed E-state index contributed by atoms with van der Waals surface area (Å²) >= 11 is 6.22. The topological polar surface area (TPSA) is 58.6 Å². The standard InChI is InChI=1S/C25H30ClFN2O3S/c26-20-4-1-3-18(11-20)12-22-21-15-25(32-10-7-28-33(30,31)16-17-5-6-17)23(27)13-19(21)14-24(22)29-8-2-9-29/h1,3-4,11,13,15,17,22,24,28H,2,5-10,12,14,16H2. The van der Waals surface area contributed by atoms with E-state index in [1.807, 2.05) is 24.3 Å². The van der Waals surface area contributed by atoms with Gasteiger partial charge in [-0.3, -0.25) is 4.90 Å². The van der Waals surface area contributed by atoms with Crippen LogP contribution in [0.15, 0.2) is 36.4 Å². The molecule has 2 atom stereocenters. The van der Waals surface area contributed by atoms with Crippen molar-refractivity contribution in [2.45, 2.75) is 44.1 Å². The number of nitrogens with one attached hydrogen (secondary N) is 1. The number of ether oxygens (including phenoxy) is 1. The third kappa shape index (κ3) is 5.53. The summed E-state index contributed by atoms with van der Waals surface area (Å²) < 4.78 is 47.1. The van der Waals surface area contributed by atoms with Gasteiger partial charge >= 0.3 is 0 Å². The summed E-state index contributed by atoms with van der Waals surface area (Å²) in [6.45, 7) is 2.39. The SMILES string of the molecule is O=S(=O)(CC1CC1)NCCOc1cc2c(cc1F)CC(N1CCC1)C2Cc1cccc(Cl)c1. The second-order valence-electron chi connectivity index (χ2n) is 9.55. The van der Waals surface area contributed by atoms with Crippen molar-refractivity contribution in [1.82, 2.24) is 9.62 Å². The van der Waals surface area contributed by atoms with Crippen molar-refractivity contribution in [3.8, 4) is 5.75 Å². The van der Waals surface area contributed by atoms with Crippen molar-refractivity contribution in [3.63, 3.8) is 0 Å². The van der Waals surface area contributed by atoms with E-state index < -0.39 is 10.0 Å². The molecule has 8 heteroatoms. The summed E-state index contributed by atoms with van der Waals surface area (Å²) in [6, 6.07) is 11.7. The van der Waals surface area contributed by atoms with Crippen molar-refractivity contribution in [2.24, 2.45) is 5.92 Å². The Balaban J connectivity index is 1.29. The third-order valence-corrected chi connectivity index (χ3v) is 8.81.